The van der Waals surface area contributed by atoms with E-state index in [1.54, 1.807) is 23.9 Å². The molecule has 154 valence electrons. The molecule has 0 spiro atoms. The molecule has 3 amide bonds. The summed E-state index contributed by atoms with van der Waals surface area (Å²) in [5.41, 5.74) is 1.70. The second-order valence-corrected chi connectivity index (χ2v) is 8.18. The fourth-order valence-corrected chi connectivity index (χ4v) is 4.21. The summed E-state index contributed by atoms with van der Waals surface area (Å²) in [4.78, 5) is 32.5. The molecule has 0 saturated carbocycles. The van der Waals surface area contributed by atoms with Crippen LogP contribution in [0.5, 0.6) is 11.5 Å². The Balaban J connectivity index is 1.36. The summed E-state index contributed by atoms with van der Waals surface area (Å²) >= 11 is 1.40. The second-order valence-electron chi connectivity index (χ2n) is 7.32. The van der Waals surface area contributed by atoms with Crippen LogP contribution in [0.4, 0.5) is 9.93 Å². The number of rotatable bonds is 3. The number of likely N-dealkylation sites (tertiary alicyclic amines) is 1. The first-order valence-electron chi connectivity index (χ1n) is 9.64. The summed E-state index contributed by atoms with van der Waals surface area (Å²) in [7, 11) is 3.48. The van der Waals surface area contributed by atoms with Crippen molar-refractivity contribution < 1.29 is 19.1 Å². The molecule has 29 heavy (non-hydrogen) atoms. The van der Waals surface area contributed by atoms with Crippen molar-refractivity contribution in [1.82, 2.24) is 14.8 Å². The number of nitrogens with one attached hydrogen (secondary N) is 1. The summed E-state index contributed by atoms with van der Waals surface area (Å²) in [5, 5.41) is 5.42. The molecular weight excluding hydrogens is 392 g/mol. The van der Waals surface area contributed by atoms with Gasteiger partial charge in [-0.3, -0.25) is 4.79 Å². The monoisotopic (exact) mass is 416 g/mol. The van der Waals surface area contributed by atoms with E-state index in [0.29, 0.717) is 50.0 Å². The number of benzene rings is 1. The SMILES string of the molecule is CN(C)C(=O)N1CCC(C(=O)Nc2nc(-c3ccc4c(c3)OCCO4)cs2)CC1. The maximum atomic E-state index is 12.6. The minimum atomic E-state index is -0.108. The van der Waals surface area contributed by atoms with Crippen LogP contribution < -0.4 is 14.8 Å². The molecule has 1 saturated heterocycles. The number of anilines is 1. The molecule has 1 aromatic carbocycles. The smallest absolute Gasteiger partial charge is 0.319 e. The molecule has 2 aliphatic rings. The van der Waals surface area contributed by atoms with E-state index in [4.69, 9.17) is 9.47 Å². The van der Waals surface area contributed by atoms with Crippen LogP contribution in [0.25, 0.3) is 11.3 Å². The Hall–Kier alpha value is -2.81. The normalized spacial score (nSPS) is 16.4. The van der Waals surface area contributed by atoms with Crippen LogP contribution in [0.2, 0.25) is 0 Å². The number of thiazole rings is 1. The molecule has 3 heterocycles. The third-order valence-corrected chi connectivity index (χ3v) is 5.85. The Morgan fingerprint density at radius 3 is 2.62 bits per heavy atom. The molecular formula is C20H24N4O4S. The van der Waals surface area contributed by atoms with Gasteiger partial charge in [0.1, 0.15) is 13.2 Å². The van der Waals surface area contributed by atoms with E-state index < -0.39 is 0 Å². The third-order valence-electron chi connectivity index (χ3n) is 5.09. The second kappa shape index (κ2) is 8.28. The van der Waals surface area contributed by atoms with Gasteiger partial charge in [0, 0.05) is 44.0 Å². The largest absolute Gasteiger partial charge is 0.486 e. The number of carbonyl (C=O) groups is 2. The Bertz CT molecular complexity index is 906. The van der Waals surface area contributed by atoms with Gasteiger partial charge in [-0.25, -0.2) is 9.78 Å². The number of aromatic nitrogens is 1. The van der Waals surface area contributed by atoms with Gasteiger partial charge >= 0.3 is 6.03 Å². The predicted molar refractivity (Wildman–Crippen MR) is 111 cm³/mol. The third kappa shape index (κ3) is 4.29. The Kier molecular flexibility index (Phi) is 5.57. The predicted octanol–water partition coefficient (Wildman–Crippen LogP) is 2.91. The molecule has 1 N–H and O–H groups in total. The first-order valence-corrected chi connectivity index (χ1v) is 10.5. The molecule has 8 nitrogen and oxygen atoms in total. The molecule has 0 aliphatic carbocycles. The van der Waals surface area contributed by atoms with Gasteiger partial charge in [0.15, 0.2) is 16.6 Å². The van der Waals surface area contributed by atoms with Gasteiger partial charge in [0.2, 0.25) is 5.91 Å². The number of hydrogen-bond donors (Lipinski definition) is 1. The van der Waals surface area contributed by atoms with Crippen molar-refractivity contribution in [3.8, 4) is 22.8 Å². The molecule has 1 aromatic heterocycles. The fourth-order valence-electron chi connectivity index (χ4n) is 3.49. The lowest BCUT2D eigenvalue weighted by Crippen LogP contribution is -2.45. The van der Waals surface area contributed by atoms with E-state index in [9.17, 15) is 9.59 Å². The minimum absolute atomic E-state index is 0.00662. The number of urea groups is 1. The zero-order valence-electron chi connectivity index (χ0n) is 16.5. The lowest BCUT2D eigenvalue weighted by molar-refractivity contribution is -0.121. The zero-order valence-corrected chi connectivity index (χ0v) is 17.3. The van der Waals surface area contributed by atoms with Crippen molar-refractivity contribution >= 4 is 28.4 Å². The zero-order chi connectivity index (χ0) is 20.4. The number of carbonyl (C=O) groups excluding carboxylic acids is 2. The number of fused-ring (bicyclic) bond motifs is 1. The Morgan fingerprint density at radius 2 is 1.90 bits per heavy atom. The average molecular weight is 417 g/mol. The van der Waals surface area contributed by atoms with Gasteiger partial charge in [0.05, 0.1) is 5.69 Å². The molecule has 4 rings (SSSR count). The number of amides is 3. The van der Waals surface area contributed by atoms with Crippen LogP contribution in [0.1, 0.15) is 12.8 Å². The number of hydrogen-bond acceptors (Lipinski definition) is 6. The van der Waals surface area contributed by atoms with E-state index in [2.05, 4.69) is 10.3 Å². The molecule has 9 heteroatoms. The van der Waals surface area contributed by atoms with E-state index in [0.717, 1.165) is 17.0 Å². The van der Waals surface area contributed by atoms with Gasteiger partial charge in [0.25, 0.3) is 0 Å². The van der Waals surface area contributed by atoms with Crippen molar-refractivity contribution in [3.05, 3.63) is 23.6 Å². The van der Waals surface area contributed by atoms with Crippen LogP contribution in [-0.4, -0.2) is 67.1 Å². The molecule has 0 unspecified atom stereocenters. The van der Waals surface area contributed by atoms with Crippen molar-refractivity contribution in [2.45, 2.75) is 12.8 Å². The lowest BCUT2D eigenvalue weighted by atomic mass is 9.96. The summed E-state index contributed by atoms with van der Waals surface area (Å²) in [5.74, 6) is 1.31. The van der Waals surface area contributed by atoms with Crippen LogP contribution in [0.15, 0.2) is 23.6 Å². The maximum Gasteiger partial charge on any atom is 0.319 e. The van der Waals surface area contributed by atoms with Gasteiger partial charge < -0.3 is 24.6 Å². The van der Waals surface area contributed by atoms with Crippen LogP contribution in [0, 0.1) is 5.92 Å². The maximum absolute atomic E-state index is 12.6. The van der Waals surface area contributed by atoms with Gasteiger partial charge in [-0.05, 0) is 31.0 Å². The first kappa shape index (κ1) is 19.5. The van der Waals surface area contributed by atoms with Crippen molar-refractivity contribution in [3.63, 3.8) is 0 Å². The molecule has 0 bridgehead atoms. The number of piperidine rings is 1. The average Bonchev–Trinajstić information content (AvgIpc) is 3.21. The molecule has 0 radical (unpaired) electrons. The molecule has 0 atom stereocenters. The highest BCUT2D eigenvalue weighted by Gasteiger charge is 2.28. The van der Waals surface area contributed by atoms with Gasteiger partial charge in [-0.15, -0.1) is 11.3 Å². The summed E-state index contributed by atoms with van der Waals surface area (Å²) in [6.45, 7) is 2.28. The molecule has 2 aromatic rings. The van der Waals surface area contributed by atoms with E-state index in [1.165, 1.54) is 11.3 Å². The Morgan fingerprint density at radius 1 is 1.17 bits per heavy atom. The van der Waals surface area contributed by atoms with E-state index >= 15 is 0 Å². The highest BCUT2D eigenvalue weighted by Crippen LogP contribution is 2.35. The number of ether oxygens (including phenoxy) is 2. The van der Waals surface area contributed by atoms with Crippen LogP contribution >= 0.6 is 11.3 Å². The fraction of sp³-hybridized carbons (Fsp3) is 0.450. The minimum Gasteiger partial charge on any atom is -0.486 e. The summed E-state index contributed by atoms with van der Waals surface area (Å²) in [6, 6.07) is 5.72. The highest BCUT2D eigenvalue weighted by atomic mass is 32.1. The van der Waals surface area contributed by atoms with Crippen molar-refractivity contribution in [2.24, 2.45) is 5.92 Å². The standard InChI is InChI=1S/C20H24N4O4S/c1-23(2)20(26)24-7-5-13(6-8-24)18(25)22-19-21-15(12-29-19)14-3-4-16-17(11-14)28-10-9-27-16/h3-4,11-13H,5-10H2,1-2H3,(H,21,22,25). The van der Waals surface area contributed by atoms with Crippen molar-refractivity contribution in [1.29, 1.82) is 0 Å². The van der Waals surface area contributed by atoms with E-state index in [-0.39, 0.29) is 17.9 Å². The molecule has 2 aliphatic heterocycles. The van der Waals surface area contributed by atoms with Crippen molar-refractivity contribution in [2.75, 3.05) is 45.7 Å². The van der Waals surface area contributed by atoms with Crippen LogP contribution in [0.3, 0.4) is 0 Å². The highest BCUT2D eigenvalue weighted by molar-refractivity contribution is 7.14. The van der Waals surface area contributed by atoms with Gasteiger partial charge in [-0.2, -0.15) is 0 Å². The number of nitrogens with zero attached hydrogens (tertiary/aromatic N) is 3. The Labute approximate surface area is 173 Å². The first-order chi connectivity index (χ1) is 14.0. The quantitative estimate of drug-likeness (QED) is 0.832. The van der Waals surface area contributed by atoms with Gasteiger partial charge in [-0.1, -0.05) is 0 Å². The van der Waals surface area contributed by atoms with E-state index in [1.807, 2.05) is 23.6 Å². The summed E-state index contributed by atoms with van der Waals surface area (Å²) in [6.07, 6.45) is 1.32. The molecule has 1 fully saturated rings. The van der Waals surface area contributed by atoms with Crippen LogP contribution in [-0.2, 0) is 4.79 Å². The summed E-state index contributed by atoms with van der Waals surface area (Å²) < 4.78 is 11.2. The lowest BCUT2D eigenvalue weighted by Gasteiger charge is -2.32. The topological polar surface area (TPSA) is 84.0 Å².